The Morgan fingerprint density at radius 3 is 2.66 bits per heavy atom. The van der Waals surface area contributed by atoms with Crippen LogP contribution in [-0.4, -0.2) is 51.2 Å². The Morgan fingerprint density at radius 2 is 1.91 bits per heavy atom. The number of nitrogens with one attached hydrogen (secondary N) is 1. The second-order valence-electron chi connectivity index (χ2n) is 7.21. The van der Waals surface area contributed by atoms with E-state index in [0.29, 0.717) is 44.6 Å². The molecule has 0 bridgehead atoms. The summed E-state index contributed by atoms with van der Waals surface area (Å²) in [4.78, 5) is 4.55. The highest BCUT2D eigenvalue weighted by molar-refractivity contribution is 5.63. The molecule has 6 heteroatoms. The van der Waals surface area contributed by atoms with Crippen LogP contribution in [0.25, 0.3) is 11.3 Å². The van der Waals surface area contributed by atoms with Gasteiger partial charge in [-0.15, -0.1) is 0 Å². The zero-order chi connectivity index (χ0) is 22.0. The van der Waals surface area contributed by atoms with Crippen LogP contribution < -0.4 is 14.8 Å². The van der Waals surface area contributed by atoms with Crippen molar-refractivity contribution in [2.45, 2.75) is 6.10 Å². The minimum absolute atomic E-state index is 0.0689. The average Bonchev–Trinajstić information content (AvgIpc) is 2.87. The lowest BCUT2D eigenvalue weighted by molar-refractivity contribution is -0.101. The molecule has 6 nitrogen and oxygen atoms in total. The topological polar surface area (TPSA) is 61.8 Å². The molecular formula is C26H26N2O4. The third-order valence-electron chi connectivity index (χ3n) is 4.87. The van der Waals surface area contributed by atoms with Gasteiger partial charge in [-0.25, -0.2) is 4.98 Å². The molecular weight excluding hydrogens is 404 g/mol. The maximum Gasteiger partial charge on any atom is 0.217 e. The van der Waals surface area contributed by atoms with E-state index in [1.165, 1.54) is 0 Å². The molecule has 0 radical (unpaired) electrons. The summed E-state index contributed by atoms with van der Waals surface area (Å²) in [5, 5.41) is 3.28. The Hall–Kier alpha value is -3.53. The van der Waals surface area contributed by atoms with Crippen LogP contribution in [0.3, 0.4) is 0 Å². The molecule has 0 unspecified atom stereocenters. The van der Waals surface area contributed by atoms with Crippen molar-refractivity contribution in [1.82, 2.24) is 4.98 Å². The SMILES string of the molecule is COc1cc(OC[C@H]2COCCO2)cc(-c2ccc(C#CCNc3ccccc3)cc2)n1. The van der Waals surface area contributed by atoms with Gasteiger partial charge in [0.05, 0.1) is 39.2 Å². The molecule has 1 N–H and O–H groups in total. The lowest BCUT2D eigenvalue weighted by atomic mass is 10.1. The quantitative estimate of drug-likeness (QED) is 0.572. The van der Waals surface area contributed by atoms with Crippen molar-refractivity contribution in [3.8, 4) is 34.7 Å². The van der Waals surface area contributed by atoms with E-state index in [1.54, 1.807) is 13.2 Å². The Morgan fingerprint density at radius 1 is 1.06 bits per heavy atom. The maximum absolute atomic E-state index is 5.92. The minimum Gasteiger partial charge on any atom is -0.491 e. The van der Waals surface area contributed by atoms with E-state index in [4.69, 9.17) is 18.9 Å². The first kappa shape index (κ1) is 21.7. The number of pyridine rings is 1. The molecule has 1 saturated heterocycles. The van der Waals surface area contributed by atoms with E-state index in [1.807, 2.05) is 60.7 Å². The Labute approximate surface area is 188 Å². The van der Waals surface area contributed by atoms with Crippen molar-refractivity contribution in [3.05, 3.63) is 72.3 Å². The van der Waals surface area contributed by atoms with Crippen LogP contribution in [0.4, 0.5) is 5.69 Å². The van der Waals surface area contributed by atoms with Crippen LogP contribution in [0.5, 0.6) is 11.6 Å². The number of aromatic nitrogens is 1. The fourth-order valence-electron chi connectivity index (χ4n) is 3.21. The molecule has 0 spiro atoms. The second kappa shape index (κ2) is 11.2. The van der Waals surface area contributed by atoms with Gasteiger partial charge in [-0.05, 0) is 24.3 Å². The monoisotopic (exact) mass is 430 g/mol. The van der Waals surface area contributed by atoms with Gasteiger partial charge >= 0.3 is 0 Å². The third kappa shape index (κ3) is 6.24. The summed E-state index contributed by atoms with van der Waals surface area (Å²) in [6.45, 7) is 2.76. The third-order valence-corrected chi connectivity index (χ3v) is 4.87. The van der Waals surface area contributed by atoms with Crippen LogP contribution in [0.15, 0.2) is 66.7 Å². The van der Waals surface area contributed by atoms with Crippen LogP contribution in [0.2, 0.25) is 0 Å². The van der Waals surface area contributed by atoms with Gasteiger partial charge in [0.15, 0.2) is 0 Å². The molecule has 4 rings (SSSR count). The van der Waals surface area contributed by atoms with Crippen LogP contribution >= 0.6 is 0 Å². The summed E-state index contributed by atoms with van der Waals surface area (Å²) >= 11 is 0. The number of hydrogen-bond acceptors (Lipinski definition) is 6. The van der Waals surface area contributed by atoms with Crippen molar-refractivity contribution in [3.63, 3.8) is 0 Å². The van der Waals surface area contributed by atoms with Gasteiger partial charge in [-0.3, -0.25) is 0 Å². The van der Waals surface area contributed by atoms with Crippen molar-refractivity contribution in [2.75, 3.05) is 45.4 Å². The number of hydrogen-bond donors (Lipinski definition) is 1. The standard InChI is InChI=1S/C26H26N2O4/c1-29-26-17-23(32-19-24-18-30-14-15-31-24)16-25(28-26)21-11-9-20(10-12-21)6-5-13-27-22-7-3-2-4-8-22/h2-4,7-12,16-17,24,27H,13-15,18-19H2,1H3/t24-/m1/s1. The van der Waals surface area contributed by atoms with Gasteiger partial charge in [0.1, 0.15) is 18.5 Å². The lowest BCUT2D eigenvalue weighted by Gasteiger charge is -2.23. The summed E-state index contributed by atoms with van der Waals surface area (Å²) < 4.78 is 22.3. The molecule has 1 aliphatic heterocycles. The molecule has 0 saturated carbocycles. The number of methoxy groups -OCH3 is 1. The largest absolute Gasteiger partial charge is 0.491 e. The normalized spacial score (nSPS) is 15.3. The van der Waals surface area contributed by atoms with E-state index in [-0.39, 0.29) is 6.10 Å². The fourth-order valence-corrected chi connectivity index (χ4v) is 3.21. The second-order valence-corrected chi connectivity index (χ2v) is 7.21. The Kier molecular flexibility index (Phi) is 7.59. The van der Waals surface area contributed by atoms with Gasteiger partial charge in [-0.2, -0.15) is 0 Å². The molecule has 0 amide bonds. The summed E-state index contributed by atoms with van der Waals surface area (Å²) in [5.74, 6) is 7.49. The minimum atomic E-state index is -0.0689. The first-order valence-corrected chi connectivity index (χ1v) is 10.6. The van der Waals surface area contributed by atoms with Crippen LogP contribution in [-0.2, 0) is 9.47 Å². The zero-order valence-electron chi connectivity index (χ0n) is 18.0. The summed E-state index contributed by atoms with van der Waals surface area (Å²) in [6.07, 6.45) is -0.0689. The number of anilines is 1. The van der Waals surface area contributed by atoms with E-state index in [9.17, 15) is 0 Å². The highest BCUT2D eigenvalue weighted by Gasteiger charge is 2.16. The van der Waals surface area contributed by atoms with Crippen molar-refractivity contribution in [1.29, 1.82) is 0 Å². The highest BCUT2D eigenvalue weighted by Crippen LogP contribution is 2.27. The van der Waals surface area contributed by atoms with Gasteiger partial charge in [0.2, 0.25) is 5.88 Å². The number of para-hydroxylation sites is 1. The predicted molar refractivity (Wildman–Crippen MR) is 124 cm³/mol. The van der Waals surface area contributed by atoms with Crippen molar-refractivity contribution < 1.29 is 18.9 Å². The van der Waals surface area contributed by atoms with Gasteiger partial charge in [0, 0.05) is 28.9 Å². The number of nitrogens with zero attached hydrogens (tertiary/aromatic N) is 1. The van der Waals surface area contributed by atoms with Crippen LogP contribution in [0.1, 0.15) is 5.56 Å². The van der Waals surface area contributed by atoms with Gasteiger partial charge < -0.3 is 24.3 Å². The summed E-state index contributed by atoms with van der Waals surface area (Å²) in [7, 11) is 1.59. The fraction of sp³-hybridized carbons (Fsp3) is 0.269. The zero-order valence-corrected chi connectivity index (χ0v) is 18.0. The number of benzene rings is 2. The van der Waals surface area contributed by atoms with E-state index in [2.05, 4.69) is 22.1 Å². The van der Waals surface area contributed by atoms with Crippen molar-refractivity contribution >= 4 is 5.69 Å². The van der Waals surface area contributed by atoms with Gasteiger partial charge in [-0.1, -0.05) is 42.2 Å². The molecule has 0 aliphatic carbocycles. The molecule has 1 atom stereocenters. The van der Waals surface area contributed by atoms with Gasteiger partial charge in [0.25, 0.3) is 0 Å². The van der Waals surface area contributed by atoms with E-state index in [0.717, 1.165) is 22.5 Å². The molecule has 2 aromatic carbocycles. The lowest BCUT2D eigenvalue weighted by Crippen LogP contribution is -2.33. The Balaban J connectivity index is 1.39. The predicted octanol–water partition coefficient (Wildman–Crippen LogP) is 4.02. The molecule has 3 aromatic rings. The summed E-state index contributed by atoms with van der Waals surface area (Å²) in [6, 6.07) is 21.7. The smallest absolute Gasteiger partial charge is 0.217 e. The van der Waals surface area contributed by atoms with E-state index < -0.39 is 0 Å². The van der Waals surface area contributed by atoms with Crippen LogP contribution in [0, 0.1) is 11.8 Å². The first-order chi connectivity index (χ1) is 15.8. The maximum atomic E-state index is 5.92. The molecule has 1 aromatic heterocycles. The van der Waals surface area contributed by atoms with Crippen molar-refractivity contribution in [2.24, 2.45) is 0 Å². The Bertz CT molecular complexity index is 1050. The summed E-state index contributed by atoms with van der Waals surface area (Å²) in [5.41, 5.74) is 3.73. The van der Waals surface area contributed by atoms with E-state index >= 15 is 0 Å². The average molecular weight is 431 g/mol. The molecule has 2 heterocycles. The number of ether oxygens (including phenoxy) is 4. The molecule has 164 valence electrons. The first-order valence-electron chi connectivity index (χ1n) is 10.6. The molecule has 32 heavy (non-hydrogen) atoms. The molecule has 1 aliphatic rings. The molecule has 1 fully saturated rings. The highest BCUT2D eigenvalue weighted by atomic mass is 16.6. The number of rotatable bonds is 7.